The van der Waals surface area contributed by atoms with Crippen LogP contribution in [0.3, 0.4) is 0 Å². The normalized spacial score (nSPS) is 15.3. The number of aliphatic imine (C=N–C) groups is 1. The molecule has 0 saturated heterocycles. The van der Waals surface area contributed by atoms with Gasteiger partial charge in [-0.2, -0.15) is 0 Å². The summed E-state index contributed by atoms with van der Waals surface area (Å²) in [6.07, 6.45) is 6.35. The molecule has 0 bridgehead atoms. The van der Waals surface area contributed by atoms with E-state index in [-0.39, 0.29) is 11.3 Å². The minimum absolute atomic E-state index is 0.111. The fourth-order valence-electron chi connectivity index (χ4n) is 4.92. The molecule has 1 amide bonds. The highest BCUT2D eigenvalue weighted by atomic mass is 79.9. The SMILES string of the molecule is CC(C)(C)[C@H]1CCc2c(sc(N=Cc3ccc(OCc4ccccc4Cl)c(Br)c3)c2C(=O)NCc2ccco2)C1. The number of thiophene rings is 1. The number of hydrogen-bond acceptors (Lipinski definition) is 5. The van der Waals surface area contributed by atoms with Crippen LogP contribution in [0.2, 0.25) is 5.02 Å². The van der Waals surface area contributed by atoms with Crippen LogP contribution in [0.1, 0.15) is 64.9 Å². The number of amides is 1. The summed E-state index contributed by atoms with van der Waals surface area (Å²) in [5.41, 5.74) is 3.87. The zero-order valence-corrected chi connectivity index (χ0v) is 26.0. The lowest BCUT2D eigenvalue weighted by Crippen LogP contribution is -2.28. The molecule has 1 N–H and O–H groups in total. The van der Waals surface area contributed by atoms with Gasteiger partial charge in [0.2, 0.25) is 0 Å². The third-order valence-electron chi connectivity index (χ3n) is 7.33. The molecule has 0 unspecified atom stereocenters. The maximum absolute atomic E-state index is 13.4. The number of nitrogens with one attached hydrogen (secondary N) is 1. The molecule has 0 saturated carbocycles. The van der Waals surface area contributed by atoms with Gasteiger partial charge < -0.3 is 14.5 Å². The van der Waals surface area contributed by atoms with Gasteiger partial charge in [-0.25, -0.2) is 4.99 Å². The summed E-state index contributed by atoms with van der Waals surface area (Å²) in [5.74, 6) is 1.90. The molecule has 1 atom stereocenters. The van der Waals surface area contributed by atoms with E-state index in [1.54, 1.807) is 17.6 Å². The van der Waals surface area contributed by atoms with Crippen molar-refractivity contribution in [2.45, 2.75) is 53.2 Å². The predicted molar refractivity (Wildman–Crippen MR) is 166 cm³/mol. The van der Waals surface area contributed by atoms with E-state index in [9.17, 15) is 4.79 Å². The summed E-state index contributed by atoms with van der Waals surface area (Å²) in [6.45, 7) is 7.61. The van der Waals surface area contributed by atoms with Crippen LogP contribution in [-0.2, 0) is 26.0 Å². The fraction of sp³-hybridized carbons (Fsp3) is 0.312. The molecule has 0 radical (unpaired) electrons. The van der Waals surface area contributed by atoms with E-state index >= 15 is 0 Å². The second-order valence-electron chi connectivity index (χ2n) is 11.1. The van der Waals surface area contributed by atoms with E-state index in [1.807, 2.05) is 60.8 Å². The van der Waals surface area contributed by atoms with Crippen LogP contribution in [0.5, 0.6) is 5.75 Å². The number of furan rings is 1. The number of halogens is 2. The van der Waals surface area contributed by atoms with E-state index in [1.165, 1.54) is 4.88 Å². The summed E-state index contributed by atoms with van der Waals surface area (Å²) in [4.78, 5) is 19.6. The van der Waals surface area contributed by atoms with Gasteiger partial charge in [-0.15, -0.1) is 11.3 Å². The topological polar surface area (TPSA) is 63.8 Å². The average Bonchev–Trinajstić information content (AvgIpc) is 3.57. The van der Waals surface area contributed by atoms with Crippen LogP contribution in [0, 0.1) is 11.3 Å². The van der Waals surface area contributed by atoms with Gasteiger partial charge in [0.05, 0.1) is 22.8 Å². The van der Waals surface area contributed by atoms with Crippen LogP contribution in [0.15, 0.2) is 74.7 Å². The second-order valence-corrected chi connectivity index (χ2v) is 13.4. The van der Waals surface area contributed by atoms with Crippen molar-refractivity contribution >= 4 is 56.0 Å². The first kappa shape index (κ1) is 28.7. The van der Waals surface area contributed by atoms with Crippen molar-refractivity contribution in [1.82, 2.24) is 5.32 Å². The Morgan fingerprint density at radius 3 is 2.77 bits per heavy atom. The predicted octanol–water partition coefficient (Wildman–Crippen LogP) is 9.17. The Bertz CT molecular complexity index is 1520. The quantitative estimate of drug-likeness (QED) is 0.196. The average molecular weight is 640 g/mol. The lowest BCUT2D eigenvalue weighted by Gasteiger charge is -2.33. The summed E-state index contributed by atoms with van der Waals surface area (Å²) >= 11 is 11.5. The molecular weight excluding hydrogens is 608 g/mol. The summed E-state index contributed by atoms with van der Waals surface area (Å²) in [7, 11) is 0. The molecular formula is C32H32BrClN2O3S. The van der Waals surface area contributed by atoms with Crippen molar-refractivity contribution in [3.05, 3.63) is 103 Å². The molecule has 2 aromatic carbocycles. The monoisotopic (exact) mass is 638 g/mol. The zero-order chi connectivity index (χ0) is 28.3. The number of fused-ring (bicyclic) bond motifs is 1. The van der Waals surface area contributed by atoms with E-state index in [0.717, 1.165) is 56.9 Å². The van der Waals surface area contributed by atoms with E-state index in [4.69, 9.17) is 25.7 Å². The number of rotatable bonds is 8. The molecule has 4 aromatic rings. The molecule has 2 aromatic heterocycles. The van der Waals surface area contributed by atoms with E-state index in [0.29, 0.717) is 29.7 Å². The smallest absolute Gasteiger partial charge is 0.255 e. The van der Waals surface area contributed by atoms with Crippen molar-refractivity contribution in [1.29, 1.82) is 0 Å². The molecule has 0 fully saturated rings. The molecule has 0 aliphatic heterocycles. The van der Waals surface area contributed by atoms with Crippen molar-refractivity contribution in [2.24, 2.45) is 16.3 Å². The molecule has 1 aliphatic carbocycles. The highest BCUT2D eigenvalue weighted by Crippen LogP contribution is 2.45. The Balaban J connectivity index is 1.37. The number of hydrogen-bond donors (Lipinski definition) is 1. The lowest BCUT2D eigenvalue weighted by atomic mass is 9.72. The maximum Gasteiger partial charge on any atom is 0.255 e. The first-order chi connectivity index (χ1) is 19.2. The molecule has 5 nitrogen and oxygen atoms in total. The Morgan fingerprint density at radius 2 is 2.05 bits per heavy atom. The van der Waals surface area contributed by atoms with E-state index in [2.05, 4.69) is 42.0 Å². The first-order valence-electron chi connectivity index (χ1n) is 13.3. The van der Waals surface area contributed by atoms with Gasteiger partial charge >= 0.3 is 0 Å². The van der Waals surface area contributed by atoms with Crippen LogP contribution in [-0.4, -0.2) is 12.1 Å². The van der Waals surface area contributed by atoms with Crippen molar-refractivity contribution < 1.29 is 13.9 Å². The number of benzene rings is 2. The molecule has 2 heterocycles. The van der Waals surface area contributed by atoms with Gasteiger partial charge in [0.1, 0.15) is 23.1 Å². The Kier molecular flexibility index (Phi) is 8.83. The van der Waals surface area contributed by atoms with Gasteiger partial charge in [-0.3, -0.25) is 4.79 Å². The Morgan fingerprint density at radius 1 is 1.23 bits per heavy atom. The largest absolute Gasteiger partial charge is 0.488 e. The number of carbonyl (C=O) groups is 1. The number of ether oxygens (including phenoxy) is 1. The molecule has 1 aliphatic rings. The van der Waals surface area contributed by atoms with Crippen molar-refractivity contribution in [3.8, 4) is 5.75 Å². The first-order valence-corrected chi connectivity index (χ1v) is 15.3. The molecule has 5 rings (SSSR count). The standard InChI is InChI=1S/C32H32BrClN2O3S/c1-32(2,3)22-11-12-24-28(16-22)40-31(29(24)30(37)35-18-23-8-6-14-38-23)36-17-20-10-13-27(25(33)15-20)39-19-21-7-4-5-9-26(21)34/h4-10,13-15,17,22H,11-12,16,18-19H2,1-3H3,(H,35,37)/t22-/m0/s1. The molecule has 8 heteroatoms. The lowest BCUT2D eigenvalue weighted by molar-refractivity contribution is 0.0947. The van der Waals surface area contributed by atoms with Gasteiger partial charge in [-0.1, -0.05) is 50.6 Å². The van der Waals surface area contributed by atoms with Gasteiger partial charge in [0.25, 0.3) is 5.91 Å². The number of carbonyl (C=O) groups excluding carboxylic acids is 1. The van der Waals surface area contributed by atoms with Gasteiger partial charge in [0.15, 0.2) is 0 Å². The van der Waals surface area contributed by atoms with Crippen LogP contribution < -0.4 is 10.1 Å². The third-order valence-corrected chi connectivity index (χ3v) is 9.48. The van der Waals surface area contributed by atoms with Gasteiger partial charge in [0, 0.05) is 21.7 Å². The zero-order valence-electron chi connectivity index (χ0n) is 22.8. The molecule has 208 valence electrons. The second kappa shape index (κ2) is 12.3. The highest BCUT2D eigenvalue weighted by Gasteiger charge is 2.33. The summed E-state index contributed by atoms with van der Waals surface area (Å²) in [5, 5.41) is 4.45. The minimum atomic E-state index is -0.111. The van der Waals surface area contributed by atoms with Crippen molar-refractivity contribution in [3.63, 3.8) is 0 Å². The summed E-state index contributed by atoms with van der Waals surface area (Å²) in [6, 6.07) is 17.1. The van der Waals surface area contributed by atoms with Crippen LogP contribution in [0.25, 0.3) is 0 Å². The number of nitrogens with zero attached hydrogens (tertiary/aromatic N) is 1. The Hall–Kier alpha value is -2.87. The third kappa shape index (κ3) is 6.70. The molecule has 40 heavy (non-hydrogen) atoms. The minimum Gasteiger partial charge on any atom is -0.488 e. The highest BCUT2D eigenvalue weighted by molar-refractivity contribution is 9.10. The van der Waals surface area contributed by atoms with Crippen LogP contribution >= 0.6 is 38.9 Å². The maximum atomic E-state index is 13.4. The fourth-order valence-corrected chi connectivity index (χ4v) is 6.89. The molecule has 0 spiro atoms. The Labute approximate surface area is 252 Å². The van der Waals surface area contributed by atoms with Crippen molar-refractivity contribution in [2.75, 3.05) is 0 Å². The summed E-state index contributed by atoms with van der Waals surface area (Å²) < 4.78 is 12.2. The van der Waals surface area contributed by atoms with Gasteiger partial charge in [-0.05, 0) is 94.1 Å². The van der Waals surface area contributed by atoms with Crippen LogP contribution in [0.4, 0.5) is 5.00 Å². The van der Waals surface area contributed by atoms with E-state index < -0.39 is 0 Å².